The summed E-state index contributed by atoms with van der Waals surface area (Å²) in [6.45, 7) is 13.9. The highest BCUT2D eigenvalue weighted by atomic mass is 16.7. The van der Waals surface area contributed by atoms with Crippen molar-refractivity contribution in [3.05, 3.63) is 22.3 Å². The van der Waals surface area contributed by atoms with Crippen molar-refractivity contribution < 1.29 is 9.47 Å². The molecule has 0 spiro atoms. The summed E-state index contributed by atoms with van der Waals surface area (Å²) in [7, 11) is 0. The quantitative estimate of drug-likeness (QED) is 0.659. The number of ether oxygens (including phenoxy) is 2. The van der Waals surface area contributed by atoms with Crippen LogP contribution in [-0.4, -0.2) is 19.5 Å². The van der Waals surface area contributed by atoms with Gasteiger partial charge in [-0.3, -0.25) is 0 Å². The van der Waals surface area contributed by atoms with Gasteiger partial charge in [0.25, 0.3) is 0 Å². The molecule has 0 N–H and O–H groups in total. The Kier molecular flexibility index (Phi) is 5.65. The summed E-state index contributed by atoms with van der Waals surface area (Å²) in [5.74, 6) is 6.83. The molecule has 100 valence electrons. The van der Waals surface area contributed by atoms with Gasteiger partial charge in [0.15, 0.2) is 6.29 Å². The Balaban J connectivity index is 2.76. The van der Waals surface area contributed by atoms with Crippen LogP contribution in [0.25, 0.3) is 0 Å². The summed E-state index contributed by atoms with van der Waals surface area (Å²) in [6.07, 6.45) is -0.220. The first-order valence-corrected chi connectivity index (χ1v) is 6.48. The molecule has 0 aromatic rings. The van der Waals surface area contributed by atoms with Gasteiger partial charge in [-0.15, -0.1) is 0 Å². The standard InChI is InChI=1S/C16H24O2/c1-11(2)13(4)7-8-14(5)15(6)16-17-9-12(3)10-18-16/h12,16H,9-10H2,1-6H3. The Morgan fingerprint density at radius 1 is 0.889 bits per heavy atom. The molecule has 18 heavy (non-hydrogen) atoms. The molecule has 1 heterocycles. The zero-order valence-corrected chi connectivity index (χ0v) is 12.4. The van der Waals surface area contributed by atoms with Gasteiger partial charge in [0.05, 0.1) is 13.2 Å². The van der Waals surface area contributed by atoms with Crippen LogP contribution >= 0.6 is 0 Å². The second kappa shape index (κ2) is 6.78. The van der Waals surface area contributed by atoms with Crippen molar-refractivity contribution in [3.8, 4) is 11.8 Å². The monoisotopic (exact) mass is 248 g/mol. The summed E-state index contributed by atoms with van der Waals surface area (Å²) >= 11 is 0. The average molecular weight is 248 g/mol. The van der Waals surface area contributed by atoms with Crippen LogP contribution in [0, 0.1) is 17.8 Å². The fraction of sp³-hybridized carbons (Fsp3) is 0.625. The van der Waals surface area contributed by atoms with Crippen LogP contribution in [-0.2, 0) is 9.47 Å². The van der Waals surface area contributed by atoms with Crippen LogP contribution in [0.4, 0.5) is 0 Å². The van der Waals surface area contributed by atoms with Gasteiger partial charge in [0.1, 0.15) is 0 Å². The molecule has 0 bridgehead atoms. The first kappa shape index (κ1) is 15.0. The van der Waals surface area contributed by atoms with Crippen LogP contribution in [0.1, 0.15) is 41.5 Å². The van der Waals surface area contributed by atoms with E-state index in [1.807, 2.05) is 20.8 Å². The van der Waals surface area contributed by atoms with E-state index in [9.17, 15) is 0 Å². The van der Waals surface area contributed by atoms with Gasteiger partial charge in [-0.1, -0.05) is 24.3 Å². The number of allylic oxidation sites excluding steroid dienone is 3. The van der Waals surface area contributed by atoms with Crippen LogP contribution in [0.3, 0.4) is 0 Å². The lowest BCUT2D eigenvalue weighted by Crippen LogP contribution is -2.31. The van der Waals surface area contributed by atoms with Crippen molar-refractivity contribution in [1.82, 2.24) is 0 Å². The van der Waals surface area contributed by atoms with Crippen molar-refractivity contribution in [2.45, 2.75) is 47.8 Å². The molecule has 0 aliphatic carbocycles. The molecule has 2 heteroatoms. The predicted octanol–water partition coefficient (Wildman–Crippen LogP) is 3.69. The minimum Gasteiger partial charge on any atom is -0.348 e. The van der Waals surface area contributed by atoms with E-state index in [-0.39, 0.29) is 6.29 Å². The molecule has 1 fully saturated rings. The SMILES string of the molecule is CC(C)=C(C)C#CC(C)=C(C)C1OCC(C)CO1. The lowest BCUT2D eigenvalue weighted by Gasteiger charge is -2.28. The van der Waals surface area contributed by atoms with Crippen molar-refractivity contribution in [2.75, 3.05) is 13.2 Å². The largest absolute Gasteiger partial charge is 0.348 e. The van der Waals surface area contributed by atoms with E-state index in [1.54, 1.807) is 0 Å². The predicted molar refractivity (Wildman–Crippen MR) is 75.1 cm³/mol. The minimum atomic E-state index is -0.220. The van der Waals surface area contributed by atoms with Crippen molar-refractivity contribution >= 4 is 0 Å². The first-order chi connectivity index (χ1) is 8.41. The van der Waals surface area contributed by atoms with Crippen molar-refractivity contribution in [2.24, 2.45) is 5.92 Å². The highest BCUT2D eigenvalue weighted by molar-refractivity contribution is 5.40. The van der Waals surface area contributed by atoms with E-state index in [0.29, 0.717) is 5.92 Å². The highest BCUT2D eigenvalue weighted by Crippen LogP contribution is 2.19. The fourth-order valence-corrected chi connectivity index (χ4v) is 1.44. The van der Waals surface area contributed by atoms with E-state index in [2.05, 4.69) is 32.6 Å². The maximum absolute atomic E-state index is 5.67. The molecule has 1 aliphatic rings. The normalized spacial score (nSPS) is 24.8. The maximum atomic E-state index is 5.67. The molecule has 0 unspecified atom stereocenters. The summed E-state index contributed by atoms with van der Waals surface area (Å²) in [5, 5.41) is 0. The lowest BCUT2D eigenvalue weighted by molar-refractivity contribution is -0.177. The third-order valence-corrected chi connectivity index (χ3v) is 3.20. The number of rotatable bonds is 1. The Morgan fingerprint density at radius 2 is 1.39 bits per heavy atom. The van der Waals surface area contributed by atoms with Gasteiger partial charge in [-0.25, -0.2) is 0 Å². The zero-order valence-electron chi connectivity index (χ0n) is 12.4. The lowest BCUT2D eigenvalue weighted by atomic mass is 10.1. The van der Waals surface area contributed by atoms with Crippen LogP contribution in [0.2, 0.25) is 0 Å². The summed E-state index contributed by atoms with van der Waals surface area (Å²) in [5.41, 5.74) is 4.50. The second-order valence-corrected chi connectivity index (χ2v) is 5.29. The smallest absolute Gasteiger partial charge is 0.180 e. The molecule has 2 nitrogen and oxygen atoms in total. The Bertz CT molecular complexity index is 406. The third kappa shape index (κ3) is 4.33. The Labute approximate surface area is 111 Å². The molecule has 1 rings (SSSR count). The number of hydrogen-bond acceptors (Lipinski definition) is 2. The van der Waals surface area contributed by atoms with Gasteiger partial charge in [0.2, 0.25) is 0 Å². The van der Waals surface area contributed by atoms with Gasteiger partial charge < -0.3 is 9.47 Å². The third-order valence-electron chi connectivity index (χ3n) is 3.20. The van der Waals surface area contributed by atoms with Gasteiger partial charge in [0, 0.05) is 11.5 Å². The molecule has 0 amide bonds. The minimum absolute atomic E-state index is 0.220. The second-order valence-electron chi connectivity index (χ2n) is 5.29. The average Bonchev–Trinajstić information content (AvgIpc) is 2.35. The molecule has 0 aromatic heterocycles. The molecule has 1 aliphatic heterocycles. The van der Waals surface area contributed by atoms with E-state index in [4.69, 9.17) is 9.47 Å². The van der Waals surface area contributed by atoms with Gasteiger partial charge in [-0.05, 0) is 45.8 Å². The summed E-state index contributed by atoms with van der Waals surface area (Å²) in [4.78, 5) is 0. The fourth-order valence-electron chi connectivity index (χ4n) is 1.44. The molecule has 0 radical (unpaired) electrons. The summed E-state index contributed by atoms with van der Waals surface area (Å²) < 4.78 is 11.3. The van der Waals surface area contributed by atoms with Crippen molar-refractivity contribution in [3.63, 3.8) is 0 Å². The topological polar surface area (TPSA) is 18.5 Å². The maximum Gasteiger partial charge on any atom is 0.180 e. The van der Waals surface area contributed by atoms with E-state index in [1.165, 1.54) is 5.57 Å². The zero-order chi connectivity index (χ0) is 13.7. The molecular weight excluding hydrogens is 224 g/mol. The Hall–Kier alpha value is -1.04. The molecular formula is C16H24O2. The summed E-state index contributed by atoms with van der Waals surface area (Å²) in [6, 6.07) is 0. The van der Waals surface area contributed by atoms with E-state index >= 15 is 0 Å². The molecule has 0 saturated carbocycles. The van der Waals surface area contributed by atoms with Crippen LogP contribution in [0.15, 0.2) is 22.3 Å². The number of hydrogen-bond donors (Lipinski definition) is 0. The van der Waals surface area contributed by atoms with Gasteiger partial charge >= 0.3 is 0 Å². The molecule has 0 aromatic carbocycles. The first-order valence-electron chi connectivity index (χ1n) is 6.48. The van der Waals surface area contributed by atoms with E-state index in [0.717, 1.165) is 29.9 Å². The molecule has 1 saturated heterocycles. The van der Waals surface area contributed by atoms with Gasteiger partial charge in [-0.2, -0.15) is 0 Å². The van der Waals surface area contributed by atoms with Crippen molar-refractivity contribution in [1.29, 1.82) is 0 Å². The highest BCUT2D eigenvalue weighted by Gasteiger charge is 2.21. The van der Waals surface area contributed by atoms with Crippen LogP contribution < -0.4 is 0 Å². The van der Waals surface area contributed by atoms with E-state index < -0.39 is 0 Å². The molecule has 0 atom stereocenters. The van der Waals surface area contributed by atoms with Crippen LogP contribution in [0.5, 0.6) is 0 Å². The Morgan fingerprint density at radius 3 is 1.89 bits per heavy atom.